The van der Waals surface area contributed by atoms with Crippen LogP contribution in [0.15, 0.2) is 0 Å². The molecule has 0 spiro atoms. The molecule has 0 unspecified atom stereocenters. The Balaban J connectivity index is 1.89. The molecule has 1 rings (SSSR count). The molecule has 2 heteroatoms. The van der Waals surface area contributed by atoms with Crippen LogP contribution in [0.4, 0.5) is 0 Å². The molecule has 1 aliphatic carbocycles. The molecular weight excluding hydrogens is 174 g/mol. The Morgan fingerprint density at radius 2 is 2.14 bits per heavy atom. The van der Waals surface area contributed by atoms with Gasteiger partial charge in [0.15, 0.2) is 0 Å². The smallest absolute Gasteiger partial charge is 0.0584 e. The maximum absolute atomic E-state index is 8.96. The molecule has 1 aliphatic rings. The monoisotopic (exact) mass is 199 g/mol. The highest BCUT2D eigenvalue weighted by Crippen LogP contribution is 2.35. The fourth-order valence-corrected chi connectivity index (χ4v) is 2.34. The number of rotatable bonds is 7. The van der Waals surface area contributed by atoms with E-state index in [1.807, 2.05) is 0 Å². The zero-order valence-corrected chi connectivity index (χ0v) is 9.63. The van der Waals surface area contributed by atoms with Crippen molar-refractivity contribution in [2.75, 3.05) is 13.2 Å². The zero-order valence-electron chi connectivity index (χ0n) is 9.63. The Labute approximate surface area is 88.1 Å². The van der Waals surface area contributed by atoms with E-state index in [1.54, 1.807) is 0 Å². The Bertz CT molecular complexity index is 139. The van der Waals surface area contributed by atoms with Gasteiger partial charge in [-0.3, -0.25) is 0 Å². The third-order valence-electron chi connectivity index (χ3n) is 3.41. The number of hydrogen-bond acceptors (Lipinski definition) is 2. The minimum Gasteiger partial charge on any atom is -0.395 e. The summed E-state index contributed by atoms with van der Waals surface area (Å²) in [6, 6.07) is 0.315. The van der Waals surface area contributed by atoms with Gasteiger partial charge in [0, 0.05) is 6.04 Å². The summed E-state index contributed by atoms with van der Waals surface area (Å²) in [5.74, 6) is 1.98. The van der Waals surface area contributed by atoms with Crippen molar-refractivity contribution in [2.24, 2.45) is 11.8 Å². The Kier molecular flexibility index (Phi) is 5.49. The van der Waals surface area contributed by atoms with E-state index in [1.165, 1.54) is 25.7 Å². The number of nitrogens with one attached hydrogen (secondary N) is 1. The Hall–Kier alpha value is -0.0800. The first-order chi connectivity index (χ1) is 6.76. The van der Waals surface area contributed by atoms with Crippen molar-refractivity contribution in [2.45, 2.75) is 52.0 Å². The minimum absolute atomic E-state index is 0.275. The predicted molar refractivity (Wildman–Crippen MR) is 60.3 cm³/mol. The molecule has 0 amide bonds. The van der Waals surface area contributed by atoms with Crippen molar-refractivity contribution in [3.05, 3.63) is 0 Å². The lowest BCUT2D eigenvalue weighted by Crippen LogP contribution is -2.33. The van der Waals surface area contributed by atoms with Crippen LogP contribution in [-0.4, -0.2) is 24.3 Å². The summed E-state index contributed by atoms with van der Waals surface area (Å²) >= 11 is 0. The Morgan fingerprint density at radius 1 is 1.43 bits per heavy atom. The van der Waals surface area contributed by atoms with Crippen LogP contribution in [0.3, 0.4) is 0 Å². The van der Waals surface area contributed by atoms with E-state index in [4.69, 9.17) is 5.11 Å². The molecule has 1 fully saturated rings. The molecule has 14 heavy (non-hydrogen) atoms. The van der Waals surface area contributed by atoms with Gasteiger partial charge in [0.2, 0.25) is 0 Å². The van der Waals surface area contributed by atoms with Gasteiger partial charge in [0.1, 0.15) is 0 Å². The lowest BCUT2D eigenvalue weighted by molar-refractivity contribution is 0.192. The molecule has 0 saturated heterocycles. The SMILES string of the molecule is CC[C@@H](CO)NCCCC1CC(C)C1. The summed E-state index contributed by atoms with van der Waals surface area (Å²) in [5, 5.41) is 12.3. The van der Waals surface area contributed by atoms with Gasteiger partial charge in [0.25, 0.3) is 0 Å². The fourth-order valence-electron chi connectivity index (χ4n) is 2.34. The molecule has 1 atom stereocenters. The summed E-state index contributed by atoms with van der Waals surface area (Å²) in [7, 11) is 0. The highest BCUT2D eigenvalue weighted by molar-refractivity contribution is 4.76. The van der Waals surface area contributed by atoms with Crippen molar-refractivity contribution in [3.8, 4) is 0 Å². The maximum Gasteiger partial charge on any atom is 0.0584 e. The van der Waals surface area contributed by atoms with E-state index >= 15 is 0 Å². The standard InChI is InChI=1S/C12H25NO/c1-3-12(9-14)13-6-4-5-11-7-10(2)8-11/h10-14H,3-9H2,1-2H3/t10?,11?,12-/m0/s1. The molecule has 0 radical (unpaired) electrons. The van der Waals surface area contributed by atoms with Crippen LogP contribution in [0.5, 0.6) is 0 Å². The van der Waals surface area contributed by atoms with Crippen molar-refractivity contribution < 1.29 is 5.11 Å². The third kappa shape index (κ3) is 3.97. The lowest BCUT2D eigenvalue weighted by atomic mass is 9.74. The average molecular weight is 199 g/mol. The quantitative estimate of drug-likeness (QED) is 0.616. The van der Waals surface area contributed by atoms with E-state index in [0.29, 0.717) is 6.04 Å². The molecule has 1 saturated carbocycles. The zero-order chi connectivity index (χ0) is 10.4. The molecule has 0 aliphatic heterocycles. The Morgan fingerprint density at radius 3 is 2.64 bits per heavy atom. The van der Waals surface area contributed by atoms with Gasteiger partial charge in [-0.1, -0.05) is 13.8 Å². The second-order valence-corrected chi connectivity index (χ2v) is 4.83. The summed E-state index contributed by atoms with van der Waals surface area (Å²) in [6.07, 6.45) is 6.55. The fraction of sp³-hybridized carbons (Fsp3) is 1.00. The van der Waals surface area contributed by atoms with Crippen molar-refractivity contribution in [1.82, 2.24) is 5.32 Å². The van der Waals surface area contributed by atoms with Crippen LogP contribution in [0.1, 0.15) is 46.0 Å². The first-order valence-corrected chi connectivity index (χ1v) is 6.10. The summed E-state index contributed by atoms with van der Waals surface area (Å²) in [4.78, 5) is 0. The van der Waals surface area contributed by atoms with Gasteiger partial charge in [-0.05, 0) is 50.5 Å². The molecule has 0 aromatic heterocycles. The lowest BCUT2D eigenvalue weighted by Gasteiger charge is -2.32. The average Bonchev–Trinajstić information content (AvgIpc) is 2.15. The molecule has 0 heterocycles. The van der Waals surface area contributed by atoms with Gasteiger partial charge in [-0.2, -0.15) is 0 Å². The van der Waals surface area contributed by atoms with E-state index in [9.17, 15) is 0 Å². The summed E-state index contributed by atoms with van der Waals surface area (Å²) < 4.78 is 0. The summed E-state index contributed by atoms with van der Waals surface area (Å²) in [6.45, 7) is 5.80. The van der Waals surface area contributed by atoms with Gasteiger partial charge in [0.05, 0.1) is 6.61 Å². The highest BCUT2D eigenvalue weighted by Gasteiger charge is 2.24. The topological polar surface area (TPSA) is 32.3 Å². The highest BCUT2D eigenvalue weighted by atomic mass is 16.3. The van der Waals surface area contributed by atoms with Crippen LogP contribution in [0.25, 0.3) is 0 Å². The third-order valence-corrected chi connectivity index (χ3v) is 3.41. The second-order valence-electron chi connectivity index (χ2n) is 4.83. The minimum atomic E-state index is 0.275. The predicted octanol–water partition coefficient (Wildman–Crippen LogP) is 2.17. The van der Waals surface area contributed by atoms with E-state index in [-0.39, 0.29) is 6.61 Å². The number of aliphatic hydroxyl groups is 1. The largest absolute Gasteiger partial charge is 0.395 e. The van der Waals surface area contributed by atoms with Crippen LogP contribution < -0.4 is 5.32 Å². The van der Waals surface area contributed by atoms with Crippen LogP contribution in [0.2, 0.25) is 0 Å². The maximum atomic E-state index is 8.96. The normalized spacial score (nSPS) is 28.5. The second kappa shape index (κ2) is 6.41. The van der Waals surface area contributed by atoms with Gasteiger partial charge < -0.3 is 10.4 Å². The molecule has 2 N–H and O–H groups in total. The van der Waals surface area contributed by atoms with E-state index < -0.39 is 0 Å². The first-order valence-electron chi connectivity index (χ1n) is 6.10. The van der Waals surface area contributed by atoms with Gasteiger partial charge in [-0.15, -0.1) is 0 Å². The summed E-state index contributed by atoms with van der Waals surface area (Å²) in [5.41, 5.74) is 0. The molecule has 0 aromatic carbocycles. The van der Waals surface area contributed by atoms with E-state index in [0.717, 1.165) is 24.8 Å². The molecule has 0 bridgehead atoms. The van der Waals surface area contributed by atoms with Crippen LogP contribution >= 0.6 is 0 Å². The molecule has 2 nitrogen and oxygen atoms in total. The van der Waals surface area contributed by atoms with Crippen LogP contribution in [-0.2, 0) is 0 Å². The van der Waals surface area contributed by atoms with E-state index in [2.05, 4.69) is 19.2 Å². The van der Waals surface area contributed by atoms with Gasteiger partial charge >= 0.3 is 0 Å². The first kappa shape index (κ1) is 12.0. The molecule has 84 valence electrons. The number of aliphatic hydroxyl groups excluding tert-OH is 1. The number of hydrogen-bond donors (Lipinski definition) is 2. The van der Waals surface area contributed by atoms with Crippen LogP contribution in [0, 0.1) is 11.8 Å². The van der Waals surface area contributed by atoms with Crippen molar-refractivity contribution >= 4 is 0 Å². The van der Waals surface area contributed by atoms with Gasteiger partial charge in [-0.25, -0.2) is 0 Å². The van der Waals surface area contributed by atoms with Crippen molar-refractivity contribution in [3.63, 3.8) is 0 Å². The molecular formula is C12H25NO. The van der Waals surface area contributed by atoms with Crippen molar-refractivity contribution in [1.29, 1.82) is 0 Å². The molecule has 0 aromatic rings.